The molecule has 1 aromatic heterocycles. The first-order valence-corrected chi connectivity index (χ1v) is 17.9. The van der Waals surface area contributed by atoms with Gasteiger partial charge in [-0.3, -0.25) is 0 Å². The Kier molecular flexibility index (Phi) is 7.51. The van der Waals surface area contributed by atoms with Crippen LogP contribution in [0.15, 0.2) is 202 Å². The van der Waals surface area contributed by atoms with E-state index < -0.39 is 6.17 Å². The standard InChI is InChI=1S/C49H33N3O/c1-3-11-32(12-4-1)34-19-21-35(22-20-34)36-23-26-38(27-24-36)47-50-48(40-28-25-33-13-7-8-16-39(33)31-40)52-49(51-47)43-30-29-41(37-14-5-2-6-15-37)46-45(43)42-17-9-10-18-44(42)53-46/h1-31,49H,(H,50,51,52). The molecule has 4 nitrogen and oxygen atoms in total. The number of hydrogen-bond acceptors (Lipinski definition) is 4. The molecule has 8 aromatic carbocycles. The predicted octanol–water partition coefficient (Wildman–Crippen LogP) is 12.2. The Bertz CT molecular complexity index is 2830. The normalized spacial score (nSPS) is 14.2. The van der Waals surface area contributed by atoms with Crippen molar-refractivity contribution in [1.29, 1.82) is 0 Å². The van der Waals surface area contributed by atoms with Crippen LogP contribution >= 0.6 is 0 Å². The van der Waals surface area contributed by atoms with Gasteiger partial charge in [-0.25, -0.2) is 9.98 Å². The highest BCUT2D eigenvalue weighted by Gasteiger charge is 2.25. The fourth-order valence-corrected chi connectivity index (χ4v) is 7.44. The lowest BCUT2D eigenvalue weighted by molar-refractivity contribution is 0.668. The third-order valence-corrected chi connectivity index (χ3v) is 10.2. The second-order valence-corrected chi connectivity index (χ2v) is 13.4. The minimum atomic E-state index is -0.508. The third-order valence-electron chi connectivity index (χ3n) is 10.2. The maximum absolute atomic E-state index is 6.62. The largest absolute Gasteiger partial charge is 0.455 e. The molecule has 0 radical (unpaired) electrons. The smallest absolute Gasteiger partial charge is 0.170 e. The lowest BCUT2D eigenvalue weighted by Gasteiger charge is -2.23. The van der Waals surface area contributed by atoms with E-state index in [0.29, 0.717) is 0 Å². The van der Waals surface area contributed by atoms with Crippen LogP contribution in [0.5, 0.6) is 0 Å². The SMILES string of the molecule is c1ccc(-c2ccc(-c3ccc(C4=NC(c5ccc(-c6ccccc6)c6oc7ccccc7c56)N=C(c5ccc6ccccc6c5)N4)cc3)cc2)cc1. The number of rotatable bonds is 6. The predicted molar refractivity (Wildman–Crippen MR) is 219 cm³/mol. The van der Waals surface area contributed by atoms with Crippen molar-refractivity contribution in [2.45, 2.75) is 6.17 Å². The molecule has 53 heavy (non-hydrogen) atoms. The van der Waals surface area contributed by atoms with Crippen molar-refractivity contribution in [3.63, 3.8) is 0 Å². The number of benzene rings is 8. The number of hydrogen-bond donors (Lipinski definition) is 1. The monoisotopic (exact) mass is 679 g/mol. The lowest BCUT2D eigenvalue weighted by Crippen LogP contribution is -2.36. The topological polar surface area (TPSA) is 49.9 Å². The summed E-state index contributed by atoms with van der Waals surface area (Å²) in [6.45, 7) is 0. The third kappa shape index (κ3) is 5.67. The zero-order chi connectivity index (χ0) is 35.1. The molecule has 2 heterocycles. The Morgan fingerprint density at radius 1 is 0.415 bits per heavy atom. The molecule has 0 fully saturated rings. The highest BCUT2D eigenvalue weighted by molar-refractivity contribution is 6.17. The number of aliphatic imine (C=N–C) groups is 2. The maximum Gasteiger partial charge on any atom is 0.170 e. The molecule has 1 N–H and O–H groups in total. The molecule has 1 unspecified atom stereocenters. The van der Waals surface area contributed by atoms with Gasteiger partial charge in [0.2, 0.25) is 0 Å². The van der Waals surface area contributed by atoms with Crippen molar-refractivity contribution in [3.8, 4) is 33.4 Å². The van der Waals surface area contributed by atoms with Crippen LogP contribution in [0.2, 0.25) is 0 Å². The Balaban J connectivity index is 1.09. The second-order valence-electron chi connectivity index (χ2n) is 13.4. The minimum absolute atomic E-state index is 0.508. The van der Waals surface area contributed by atoms with Crippen LogP contribution in [0.1, 0.15) is 22.9 Å². The van der Waals surface area contributed by atoms with Crippen LogP contribution in [-0.4, -0.2) is 11.7 Å². The first-order valence-electron chi connectivity index (χ1n) is 17.9. The van der Waals surface area contributed by atoms with Crippen LogP contribution in [0.3, 0.4) is 0 Å². The number of furan rings is 1. The van der Waals surface area contributed by atoms with Crippen LogP contribution < -0.4 is 5.32 Å². The molecule has 4 heteroatoms. The van der Waals surface area contributed by atoms with E-state index in [2.05, 4.69) is 169 Å². The zero-order valence-corrected chi connectivity index (χ0v) is 28.8. The fourth-order valence-electron chi connectivity index (χ4n) is 7.44. The van der Waals surface area contributed by atoms with E-state index in [1.54, 1.807) is 0 Å². The molecule has 1 aliphatic rings. The van der Waals surface area contributed by atoms with Crippen LogP contribution in [0, 0.1) is 0 Å². The number of nitrogens with zero attached hydrogens (tertiary/aromatic N) is 2. The summed E-state index contributed by atoms with van der Waals surface area (Å²) in [5, 5.41) is 8.06. The van der Waals surface area contributed by atoms with Gasteiger partial charge < -0.3 is 9.73 Å². The highest BCUT2D eigenvalue weighted by atomic mass is 16.3. The summed E-state index contributed by atoms with van der Waals surface area (Å²) in [7, 11) is 0. The maximum atomic E-state index is 6.62. The summed E-state index contributed by atoms with van der Waals surface area (Å²) in [6, 6.07) is 65.8. The number of amidine groups is 2. The van der Waals surface area contributed by atoms with E-state index in [4.69, 9.17) is 14.4 Å². The Morgan fingerprint density at radius 3 is 1.64 bits per heavy atom. The molecular formula is C49H33N3O. The molecule has 0 saturated carbocycles. The highest BCUT2D eigenvalue weighted by Crippen LogP contribution is 2.41. The average Bonchev–Trinajstić information content (AvgIpc) is 3.64. The lowest BCUT2D eigenvalue weighted by atomic mass is 9.97. The van der Waals surface area contributed by atoms with Gasteiger partial charge in [0.15, 0.2) is 6.17 Å². The summed E-state index contributed by atoms with van der Waals surface area (Å²) in [4.78, 5) is 10.6. The van der Waals surface area contributed by atoms with Gasteiger partial charge in [-0.05, 0) is 50.7 Å². The molecule has 0 spiro atoms. The molecule has 0 amide bonds. The first-order chi connectivity index (χ1) is 26.2. The van der Waals surface area contributed by atoms with Gasteiger partial charge in [0, 0.05) is 33.0 Å². The summed E-state index contributed by atoms with van der Waals surface area (Å²) < 4.78 is 6.62. The molecule has 1 aliphatic heterocycles. The fraction of sp³-hybridized carbons (Fsp3) is 0.0204. The van der Waals surface area contributed by atoms with Gasteiger partial charge in [-0.15, -0.1) is 0 Å². The summed E-state index contributed by atoms with van der Waals surface area (Å²) in [5.74, 6) is 1.55. The minimum Gasteiger partial charge on any atom is -0.455 e. The van der Waals surface area contributed by atoms with E-state index >= 15 is 0 Å². The van der Waals surface area contributed by atoms with Crippen molar-refractivity contribution >= 4 is 44.4 Å². The van der Waals surface area contributed by atoms with Crippen molar-refractivity contribution in [3.05, 3.63) is 205 Å². The van der Waals surface area contributed by atoms with Gasteiger partial charge in [-0.2, -0.15) is 0 Å². The summed E-state index contributed by atoms with van der Waals surface area (Å²) in [6.07, 6.45) is -0.508. The quantitative estimate of drug-likeness (QED) is 0.190. The van der Waals surface area contributed by atoms with Crippen LogP contribution in [-0.2, 0) is 0 Å². The van der Waals surface area contributed by atoms with Gasteiger partial charge in [-0.1, -0.05) is 176 Å². The molecule has 0 bridgehead atoms. The van der Waals surface area contributed by atoms with Gasteiger partial charge >= 0.3 is 0 Å². The first kappa shape index (κ1) is 30.8. The molecule has 0 saturated heterocycles. The number of fused-ring (bicyclic) bond motifs is 4. The zero-order valence-electron chi connectivity index (χ0n) is 28.8. The molecule has 0 aliphatic carbocycles. The Labute approximate surface area is 307 Å². The molecule has 9 aromatic rings. The van der Waals surface area contributed by atoms with Gasteiger partial charge in [0.25, 0.3) is 0 Å². The summed E-state index contributed by atoms with van der Waals surface area (Å²) >= 11 is 0. The van der Waals surface area contributed by atoms with E-state index in [-0.39, 0.29) is 0 Å². The Hall–Kier alpha value is -7.04. The summed E-state index contributed by atoms with van der Waals surface area (Å²) in [5.41, 5.74) is 11.6. The van der Waals surface area contributed by atoms with Gasteiger partial charge in [0.05, 0.1) is 0 Å². The molecular weight excluding hydrogens is 647 g/mol. The van der Waals surface area contributed by atoms with E-state index in [1.165, 1.54) is 22.1 Å². The number of para-hydroxylation sites is 1. The number of nitrogens with one attached hydrogen (secondary N) is 1. The van der Waals surface area contributed by atoms with E-state index in [0.717, 1.165) is 72.4 Å². The average molecular weight is 680 g/mol. The van der Waals surface area contributed by atoms with Crippen LogP contribution in [0.25, 0.3) is 66.1 Å². The molecule has 10 rings (SSSR count). The van der Waals surface area contributed by atoms with Crippen molar-refractivity contribution in [2.75, 3.05) is 0 Å². The van der Waals surface area contributed by atoms with Crippen LogP contribution in [0.4, 0.5) is 0 Å². The Morgan fingerprint density at radius 2 is 0.943 bits per heavy atom. The van der Waals surface area contributed by atoms with E-state index in [1.807, 2.05) is 24.3 Å². The van der Waals surface area contributed by atoms with Crippen molar-refractivity contribution < 1.29 is 4.42 Å². The molecule has 250 valence electrons. The second kappa shape index (κ2) is 12.9. The van der Waals surface area contributed by atoms with Gasteiger partial charge in [0.1, 0.15) is 22.8 Å². The van der Waals surface area contributed by atoms with E-state index in [9.17, 15) is 0 Å². The van der Waals surface area contributed by atoms with Crippen molar-refractivity contribution in [2.24, 2.45) is 9.98 Å². The molecule has 1 atom stereocenters. The van der Waals surface area contributed by atoms with Crippen molar-refractivity contribution in [1.82, 2.24) is 5.32 Å².